The minimum absolute atomic E-state index is 0.00519. The highest BCUT2D eigenvalue weighted by atomic mass is 19.1. The first-order chi connectivity index (χ1) is 15.7. The van der Waals surface area contributed by atoms with Gasteiger partial charge in [-0.05, 0) is 68.5 Å². The molecule has 0 aromatic heterocycles. The Morgan fingerprint density at radius 2 is 1.79 bits per heavy atom. The summed E-state index contributed by atoms with van der Waals surface area (Å²) in [4.78, 5) is 27.5. The molecule has 2 aliphatic heterocycles. The second-order valence-corrected chi connectivity index (χ2v) is 9.13. The number of nitrogens with zero attached hydrogens (tertiary/aromatic N) is 1. The molecular formula is C25H29F2N3O3. The number of carbonyl (C=O) groups excluding carboxylic acids is 2. The number of ether oxygens (including phenoxy) is 1. The maximum absolute atomic E-state index is 15.1. The van der Waals surface area contributed by atoms with Crippen molar-refractivity contribution in [2.75, 3.05) is 32.1 Å². The number of carbonyl (C=O) groups is 2. The molecule has 2 aromatic carbocycles. The Labute approximate surface area is 192 Å². The SMILES string of the molecule is COc1ccc2c(c1)CCNC2C(=O)Nc1cc(F)c(C(C)(C)C(=O)N2CCCC2)c(F)c1. The number of hydrogen-bond donors (Lipinski definition) is 2. The van der Waals surface area contributed by atoms with Crippen LogP contribution in [0.5, 0.6) is 5.75 Å². The number of benzene rings is 2. The third-order valence-corrected chi connectivity index (χ3v) is 6.53. The molecule has 1 atom stereocenters. The molecule has 2 aliphatic rings. The maximum atomic E-state index is 15.1. The van der Waals surface area contributed by atoms with Crippen molar-refractivity contribution in [3.63, 3.8) is 0 Å². The highest BCUT2D eigenvalue weighted by Crippen LogP contribution is 2.34. The Bertz CT molecular complexity index is 1060. The summed E-state index contributed by atoms with van der Waals surface area (Å²) in [6.07, 6.45) is 2.53. The van der Waals surface area contributed by atoms with Crippen LogP contribution in [-0.2, 0) is 21.4 Å². The predicted octanol–water partition coefficient (Wildman–Crippen LogP) is 3.70. The Morgan fingerprint density at radius 3 is 2.42 bits per heavy atom. The van der Waals surface area contributed by atoms with Crippen LogP contribution in [0.15, 0.2) is 30.3 Å². The second-order valence-electron chi connectivity index (χ2n) is 9.13. The van der Waals surface area contributed by atoms with Gasteiger partial charge in [0.1, 0.15) is 23.4 Å². The summed E-state index contributed by atoms with van der Waals surface area (Å²) in [6.45, 7) is 4.85. The van der Waals surface area contributed by atoms with Gasteiger partial charge in [0.15, 0.2) is 0 Å². The number of likely N-dealkylation sites (tertiary alicyclic amines) is 1. The van der Waals surface area contributed by atoms with E-state index in [0.717, 1.165) is 42.5 Å². The highest BCUT2D eigenvalue weighted by Gasteiger charge is 2.39. The molecule has 1 unspecified atom stereocenters. The maximum Gasteiger partial charge on any atom is 0.246 e. The van der Waals surface area contributed by atoms with E-state index in [-0.39, 0.29) is 17.2 Å². The lowest BCUT2D eigenvalue weighted by Gasteiger charge is -2.30. The number of methoxy groups -OCH3 is 1. The van der Waals surface area contributed by atoms with Gasteiger partial charge in [-0.25, -0.2) is 8.78 Å². The minimum atomic E-state index is -1.36. The fourth-order valence-electron chi connectivity index (χ4n) is 4.78. The molecule has 0 radical (unpaired) electrons. The van der Waals surface area contributed by atoms with Crippen molar-refractivity contribution in [1.82, 2.24) is 10.2 Å². The summed E-state index contributed by atoms with van der Waals surface area (Å²) < 4.78 is 35.4. The zero-order chi connectivity index (χ0) is 23.8. The normalized spacial score (nSPS) is 18.1. The zero-order valence-electron chi connectivity index (χ0n) is 19.1. The first-order valence-electron chi connectivity index (χ1n) is 11.2. The summed E-state index contributed by atoms with van der Waals surface area (Å²) in [6, 6.07) is 6.99. The van der Waals surface area contributed by atoms with Gasteiger partial charge in [0.05, 0.1) is 12.5 Å². The lowest BCUT2D eigenvalue weighted by Crippen LogP contribution is -2.43. The molecule has 1 fully saturated rings. The van der Waals surface area contributed by atoms with Gasteiger partial charge in [-0.3, -0.25) is 9.59 Å². The summed E-state index contributed by atoms with van der Waals surface area (Å²) in [5.74, 6) is -1.72. The van der Waals surface area contributed by atoms with E-state index in [4.69, 9.17) is 4.74 Å². The predicted molar refractivity (Wildman–Crippen MR) is 121 cm³/mol. The van der Waals surface area contributed by atoms with Crippen LogP contribution in [-0.4, -0.2) is 43.5 Å². The van der Waals surface area contributed by atoms with E-state index in [1.807, 2.05) is 12.1 Å². The van der Waals surface area contributed by atoms with E-state index in [1.165, 1.54) is 13.8 Å². The van der Waals surface area contributed by atoms with Crippen molar-refractivity contribution in [1.29, 1.82) is 0 Å². The Morgan fingerprint density at radius 1 is 1.12 bits per heavy atom. The van der Waals surface area contributed by atoms with Crippen molar-refractivity contribution in [3.8, 4) is 5.75 Å². The van der Waals surface area contributed by atoms with Crippen molar-refractivity contribution < 1.29 is 23.1 Å². The van der Waals surface area contributed by atoms with E-state index < -0.39 is 29.0 Å². The molecule has 2 aromatic rings. The Hall–Kier alpha value is -3.00. The van der Waals surface area contributed by atoms with Crippen LogP contribution in [0.1, 0.15) is 49.4 Å². The number of fused-ring (bicyclic) bond motifs is 1. The van der Waals surface area contributed by atoms with Gasteiger partial charge in [0.25, 0.3) is 0 Å². The lowest BCUT2D eigenvalue weighted by atomic mass is 9.82. The molecule has 0 spiro atoms. The van der Waals surface area contributed by atoms with Crippen molar-refractivity contribution >= 4 is 17.5 Å². The fourth-order valence-corrected chi connectivity index (χ4v) is 4.78. The summed E-state index contributed by atoms with van der Waals surface area (Å²) >= 11 is 0. The molecule has 4 rings (SSSR count). The number of halogens is 2. The molecule has 0 aliphatic carbocycles. The molecule has 176 valence electrons. The standard InChI is InChI=1S/C25H29F2N3O3/c1-25(2,24(32)30-10-4-5-11-30)21-19(26)13-16(14-20(21)27)29-23(31)22-18-7-6-17(33-3)12-15(18)8-9-28-22/h6-7,12-14,22,28H,4-5,8-11H2,1-3H3,(H,29,31). The molecule has 33 heavy (non-hydrogen) atoms. The smallest absolute Gasteiger partial charge is 0.246 e. The third kappa shape index (κ3) is 4.44. The van der Waals surface area contributed by atoms with Gasteiger partial charge in [-0.2, -0.15) is 0 Å². The van der Waals surface area contributed by atoms with Crippen molar-refractivity contribution in [3.05, 3.63) is 58.7 Å². The average Bonchev–Trinajstić information content (AvgIpc) is 3.31. The molecular weight excluding hydrogens is 428 g/mol. The third-order valence-electron chi connectivity index (χ3n) is 6.53. The van der Waals surface area contributed by atoms with Gasteiger partial charge >= 0.3 is 0 Å². The molecule has 6 nitrogen and oxygen atoms in total. The lowest BCUT2D eigenvalue weighted by molar-refractivity contribution is -0.135. The topological polar surface area (TPSA) is 70.7 Å². The minimum Gasteiger partial charge on any atom is -0.497 e. The van der Waals surface area contributed by atoms with E-state index >= 15 is 8.78 Å². The fraction of sp³-hybridized carbons (Fsp3) is 0.440. The Balaban J connectivity index is 1.56. The zero-order valence-corrected chi connectivity index (χ0v) is 19.1. The number of rotatable bonds is 5. The number of nitrogens with one attached hydrogen (secondary N) is 2. The van der Waals surface area contributed by atoms with Crippen LogP contribution in [0.3, 0.4) is 0 Å². The van der Waals surface area contributed by atoms with E-state index in [1.54, 1.807) is 18.1 Å². The number of anilines is 1. The van der Waals surface area contributed by atoms with E-state index in [0.29, 0.717) is 25.4 Å². The van der Waals surface area contributed by atoms with Crippen molar-refractivity contribution in [2.45, 2.75) is 44.6 Å². The molecule has 0 bridgehead atoms. The van der Waals surface area contributed by atoms with Crippen LogP contribution in [0, 0.1) is 11.6 Å². The largest absolute Gasteiger partial charge is 0.497 e. The van der Waals surface area contributed by atoms with Crippen LogP contribution in [0.4, 0.5) is 14.5 Å². The number of hydrogen-bond acceptors (Lipinski definition) is 4. The molecule has 8 heteroatoms. The number of amides is 2. The first kappa shape index (κ1) is 23.2. The molecule has 0 saturated carbocycles. The molecule has 2 heterocycles. The molecule has 2 amide bonds. The monoisotopic (exact) mass is 457 g/mol. The highest BCUT2D eigenvalue weighted by molar-refractivity contribution is 5.96. The van der Waals surface area contributed by atoms with Crippen molar-refractivity contribution in [2.24, 2.45) is 0 Å². The van der Waals surface area contributed by atoms with E-state index in [9.17, 15) is 9.59 Å². The van der Waals surface area contributed by atoms with Gasteiger partial charge in [0, 0.05) is 30.9 Å². The van der Waals surface area contributed by atoms with Gasteiger partial charge < -0.3 is 20.3 Å². The second kappa shape index (κ2) is 9.09. The Kier molecular flexibility index (Phi) is 6.38. The summed E-state index contributed by atoms with van der Waals surface area (Å²) in [5.41, 5.74) is 0.151. The van der Waals surface area contributed by atoms with Crippen LogP contribution in [0.25, 0.3) is 0 Å². The molecule has 1 saturated heterocycles. The quantitative estimate of drug-likeness (QED) is 0.719. The average molecular weight is 458 g/mol. The molecule has 2 N–H and O–H groups in total. The summed E-state index contributed by atoms with van der Waals surface area (Å²) in [7, 11) is 1.58. The van der Waals surface area contributed by atoms with Gasteiger partial charge in [-0.15, -0.1) is 0 Å². The van der Waals surface area contributed by atoms with Crippen LogP contribution in [0.2, 0.25) is 0 Å². The summed E-state index contributed by atoms with van der Waals surface area (Å²) in [5, 5.41) is 5.77. The van der Waals surface area contributed by atoms with E-state index in [2.05, 4.69) is 10.6 Å². The van der Waals surface area contributed by atoms with Gasteiger partial charge in [0.2, 0.25) is 11.8 Å². The van der Waals surface area contributed by atoms with Crippen LogP contribution >= 0.6 is 0 Å². The first-order valence-corrected chi connectivity index (χ1v) is 11.2. The van der Waals surface area contributed by atoms with Crippen LogP contribution < -0.4 is 15.4 Å². The van der Waals surface area contributed by atoms with Gasteiger partial charge in [-0.1, -0.05) is 6.07 Å².